The molecule has 0 saturated carbocycles. The zero-order valence-electron chi connectivity index (χ0n) is 13.5. The van der Waals surface area contributed by atoms with Crippen LogP contribution in [0.2, 0.25) is 0 Å². The van der Waals surface area contributed by atoms with Crippen molar-refractivity contribution in [2.75, 3.05) is 0 Å². The Morgan fingerprint density at radius 1 is 0.433 bits per heavy atom. The molecule has 2 rings (SSSR count). The van der Waals surface area contributed by atoms with Gasteiger partial charge in [-0.3, -0.25) is 0 Å². The van der Waals surface area contributed by atoms with Crippen LogP contribution >= 0.6 is 0 Å². The standard InChI is InChI=1S/2C6HF5.2CH2O3/c2*7-2-1-3(8)5(10)6(11)4(2)9;2*2-1(3)4/h2*1H;2*(H2,2,3,4). The van der Waals surface area contributed by atoms with Gasteiger partial charge in [0.1, 0.15) is 0 Å². The van der Waals surface area contributed by atoms with Crippen molar-refractivity contribution in [2.45, 2.75) is 0 Å². The monoisotopic (exact) mass is 460 g/mol. The third-order valence-electron chi connectivity index (χ3n) is 2.12. The van der Waals surface area contributed by atoms with Crippen LogP contribution in [0.5, 0.6) is 0 Å². The van der Waals surface area contributed by atoms with Gasteiger partial charge in [-0.15, -0.1) is 0 Å². The largest absolute Gasteiger partial charge is 0.503 e. The van der Waals surface area contributed by atoms with Crippen LogP contribution < -0.4 is 0 Å². The van der Waals surface area contributed by atoms with Crippen LogP contribution in [0, 0.1) is 58.2 Å². The van der Waals surface area contributed by atoms with Crippen LogP contribution in [0.4, 0.5) is 53.5 Å². The van der Waals surface area contributed by atoms with Crippen LogP contribution in [0.3, 0.4) is 0 Å². The number of benzene rings is 2. The first-order valence-electron chi connectivity index (χ1n) is 6.35. The highest BCUT2D eigenvalue weighted by Gasteiger charge is 2.19. The van der Waals surface area contributed by atoms with E-state index in [1.54, 1.807) is 0 Å². The van der Waals surface area contributed by atoms with E-state index in [-0.39, 0.29) is 12.1 Å². The van der Waals surface area contributed by atoms with Gasteiger partial charge >= 0.3 is 12.3 Å². The van der Waals surface area contributed by atoms with Gasteiger partial charge in [0.05, 0.1) is 0 Å². The topological polar surface area (TPSA) is 115 Å². The Morgan fingerprint density at radius 3 is 0.700 bits per heavy atom. The lowest BCUT2D eigenvalue weighted by atomic mass is 10.3. The molecule has 0 bridgehead atoms. The van der Waals surface area contributed by atoms with Crippen molar-refractivity contribution >= 4 is 12.3 Å². The van der Waals surface area contributed by atoms with Gasteiger partial charge in [0, 0.05) is 12.1 Å². The Morgan fingerprint density at radius 2 is 0.567 bits per heavy atom. The molecule has 0 heterocycles. The van der Waals surface area contributed by atoms with E-state index in [1.165, 1.54) is 0 Å². The average Bonchev–Trinajstić information content (AvgIpc) is 2.61. The Bertz CT molecular complexity index is 772. The van der Waals surface area contributed by atoms with Crippen molar-refractivity contribution in [1.82, 2.24) is 0 Å². The summed E-state index contributed by atoms with van der Waals surface area (Å²) in [7, 11) is 0. The molecular weight excluding hydrogens is 454 g/mol. The third-order valence-corrected chi connectivity index (χ3v) is 2.12. The van der Waals surface area contributed by atoms with E-state index in [0.717, 1.165) is 0 Å². The molecule has 4 N–H and O–H groups in total. The van der Waals surface area contributed by atoms with Crippen LogP contribution in [0.15, 0.2) is 12.1 Å². The molecular formula is C14H6F10O6. The lowest BCUT2D eigenvalue weighted by Crippen LogP contribution is -1.98. The van der Waals surface area contributed by atoms with Crippen molar-refractivity contribution in [3.05, 3.63) is 70.3 Å². The maximum Gasteiger partial charge on any atom is 0.503 e. The number of rotatable bonds is 0. The van der Waals surface area contributed by atoms with Crippen molar-refractivity contribution in [3.63, 3.8) is 0 Å². The molecule has 30 heavy (non-hydrogen) atoms. The van der Waals surface area contributed by atoms with Crippen LogP contribution in [-0.2, 0) is 0 Å². The van der Waals surface area contributed by atoms with Gasteiger partial charge < -0.3 is 20.4 Å². The molecule has 0 aliphatic heterocycles. The maximum atomic E-state index is 12.0. The van der Waals surface area contributed by atoms with Crippen LogP contribution in [0.1, 0.15) is 0 Å². The molecule has 168 valence electrons. The summed E-state index contributed by atoms with van der Waals surface area (Å²) in [5, 5.41) is 27.9. The lowest BCUT2D eigenvalue weighted by molar-refractivity contribution is 0.135. The quantitative estimate of drug-likeness (QED) is 0.244. The average molecular weight is 460 g/mol. The minimum absolute atomic E-state index is 0.0618. The molecule has 0 radical (unpaired) electrons. The van der Waals surface area contributed by atoms with Gasteiger partial charge in [-0.05, 0) is 0 Å². The normalized spacial score (nSPS) is 9.13. The van der Waals surface area contributed by atoms with E-state index in [1.807, 2.05) is 0 Å². The molecule has 0 spiro atoms. The molecule has 6 nitrogen and oxygen atoms in total. The number of hydrogen-bond acceptors (Lipinski definition) is 2. The second-order valence-electron chi connectivity index (χ2n) is 4.13. The highest BCUT2D eigenvalue weighted by Crippen LogP contribution is 2.17. The van der Waals surface area contributed by atoms with Gasteiger partial charge in [-0.1, -0.05) is 0 Å². The fourth-order valence-corrected chi connectivity index (χ4v) is 1.09. The number of carbonyl (C=O) groups is 2. The lowest BCUT2D eigenvalue weighted by Gasteiger charge is -1.96. The predicted octanol–water partition coefficient (Wildman–Crippen LogP) is 5.21. The molecule has 2 aromatic carbocycles. The number of carboxylic acid groups (broad SMARTS) is 4. The minimum atomic E-state index is -2.14. The van der Waals surface area contributed by atoms with E-state index < -0.39 is 70.5 Å². The summed E-state index contributed by atoms with van der Waals surface area (Å²) >= 11 is 0. The van der Waals surface area contributed by atoms with E-state index in [4.69, 9.17) is 30.0 Å². The van der Waals surface area contributed by atoms with E-state index in [9.17, 15) is 43.9 Å². The molecule has 16 heteroatoms. The predicted molar refractivity (Wildman–Crippen MR) is 73.8 cm³/mol. The summed E-state index contributed by atoms with van der Waals surface area (Å²) in [6, 6.07) is -0.124. The maximum absolute atomic E-state index is 12.0. The number of hydrogen-bond donors (Lipinski definition) is 4. The van der Waals surface area contributed by atoms with E-state index in [0.29, 0.717) is 0 Å². The summed E-state index contributed by atoms with van der Waals surface area (Å²) in [4.78, 5) is 17.1. The van der Waals surface area contributed by atoms with Crippen molar-refractivity contribution < 1.29 is 73.9 Å². The molecule has 0 aromatic heterocycles. The van der Waals surface area contributed by atoms with E-state index in [2.05, 4.69) is 0 Å². The van der Waals surface area contributed by atoms with Gasteiger partial charge in [0.2, 0.25) is 11.6 Å². The van der Waals surface area contributed by atoms with Crippen LogP contribution in [-0.4, -0.2) is 32.7 Å². The highest BCUT2D eigenvalue weighted by molar-refractivity contribution is 5.53. The first-order valence-corrected chi connectivity index (χ1v) is 6.35. The summed E-state index contributed by atoms with van der Waals surface area (Å²) in [6.07, 6.45) is -3.67. The summed E-state index contributed by atoms with van der Waals surface area (Å²) < 4.78 is 120. The Kier molecular flexibility index (Phi) is 12.0. The summed E-state index contributed by atoms with van der Waals surface area (Å²) in [5.74, 6) is -19.3. The van der Waals surface area contributed by atoms with Gasteiger partial charge in [-0.25, -0.2) is 53.5 Å². The van der Waals surface area contributed by atoms with Crippen molar-refractivity contribution in [1.29, 1.82) is 0 Å². The van der Waals surface area contributed by atoms with Gasteiger partial charge in [-0.2, -0.15) is 0 Å². The zero-order chi connectivity index (χ0) is 24.3. The molecule has 0 aliphatic rings. The molecule has 2 aromatic rings. The first kappa shape index (κ1) is 28.5. The smallest absolute Gasteiger partial charge is 0.450 e. The minimum Gasteiger partial charge on any atom is -0.450 e. The zero-order valence-corrected chi connectivity index (χ0v) is 13.5. The second-order valence-corrected chi connectivity index (χ2v) is 4.13. The Balaban J connectivity index is 0. The molecule has 0 saturated heterocycles. The fraction of sp³-hybridized carbons (Fsp3) is 0. The number of halogens is 10. The SMILES string of the molecule is Fc1cc(F)c(F)c(F)c1F.Fc1cc(F)c(F)c(F)c1F.O=C(O)O.O=C(O)O. The van der Waals surface area contributed by atoms with E-state index >= 15 is 0 Å². The Labute approximate surface area is 157 Å². The summed E-state index contributed by atoms with van der Waals surface area (Å²) in [6.45, 7) is 0. The van der Waals surface area contributed by atoms with Crippen LogP contribution in [0.25, 0.3) is 0 Å². The Hall–Kier alpha value is -3.72. The second kappa shape index (κ2) is 12.7. The van der Waals surface area contributed by atoms with Crippen molar-refractivity contribution in [2.24, 2.45) is 0 Å². The third kappa shape index (κ3) is 10.00. The molecule has 0 fully saturated rings. The first-order chi connectivity index (χ1) is 13.5. The van der Waals surface area contributed by atoms with Gasteiger partial charge in [0.25, 0.3) is 0 Å². The molecule has 0 aliphatic carbocycles. The highest BCUT2D eigenvalue weighted by atomic mass is 19.2. The fourth-order valence-electron chi connectivity index (χ4n) is 1.09. The molecule has 0 unspecified atom stereocenters. The van der Waals surface area contributed by atoms with Crippen molar-refractivity contribution in [3.8, 4) is 0 Å². The molecule has 0 atom stereocenters. The summed E-state index contributed by atoms with van der Waals surface area (Å²) in [5.41, 5.74) is 0. The molecule has 0 amide bonds. The van der Waals surface area contributed by atoms with Gasteiger partial charge in [0.15, 0.2) is 46.5 Å².